The summed E-state index contributed by atoms with van der Waals surface area (Å²) in [5, 5.41) is 3.38. The molecule has 68 valence electrons. The van der Waals surface area contributed by atoms with Gasteiger partial charge in [-0.15, -0.1) is 0 Å². The quantitative estimate of drug-likeness (QED) is 0.444. The minimum absolute atomic E-state index is 0.279. The van der Waals surface area contributed by atoms with Gasteiger partial charge in [0.05, 0.1) is 0 Å². The summed E-state index contributed by atoms with van der Waals surface area (Å²) in [5.74, 6) is -0.279. The van der Waals surface area contributed by atoms with Crippen molar-refractivity contribution in [2.24, 2.45) is 5.11 Å². The van der Waals surface area contributed by atoms with Crippen LogP contribution in [0.3, 0.4) is 0 Å². The van der Waals surface area contributed by atoms with E-state index in [1.165, 1.54) is 12.1 Å². The van der Waals surface area contributed by atoms with Crippen LogP contribution in [0.4, 0.5) is 4.39 Å². The van der Waals surface area contributed by atoms with Crippen molar-refractivity contribution < 1.29 is 4.39 Å². The maximum atomic E-state index is 12.7. The van der Waals surface area contributed by atoms with E-state index in [1.54, 1.807) is 6.07 Å². The summed E-state index contributed by atoms with van der Waals surface area (Å²) in [6.07, 6.45) is 0.544. The van der Waals surface area contributed by atoms with Crippen molar-refractivity contribution in [3.05, 3.63) is 44.5 Å². The molecular formula is C8H7BrFN3. The van der Waals surface area contributed by atoms with Crippen LogP contribution in [0, 0.1) is 5.82 Å². The minimum Gasteiger partial charge on any atom is -0.207 e. The van der Waals surface area contributed by atoms with Crippen molar-refractivity contribution in [1.82, 2.24) is 0 Å². The first-order valence-corrected chi connectivity index (χ1v) is 4.48. The van der Waals surface area contributed by atoms with Gasteiger partial charge in [0, 0.05) is 15.9 Å². The summed E-state index contributed by atoms with van der Waals surface area (Å²) in [7, 11) is 0. The SMILES string of the molecule is [N-]=[N+]=NCCc1cc(F)ccc1Br. The molecule has 0 amide bonds. The standard InChI is InChI=1S/C8H7BrFN3/c9-8-2-1-7(10)5-6(8)3-4-12-13-11/h1-2,5H,3-4H2. The summed E-state index contributed by atoms with van der Waals surface area (Å²) < 4.78 is 13.6. The highest BCUT2D eigenvalue weighted by Crippen LogP contribution is 2.18. The van der Waals surface area contributed by atoms with E-state index in [0.717, 1.165) is 10.0 Å². The van der Waals surface area contributed by atoms with Crippen molar-refractivity contribution in [3.8, 4) is 0 Å². The average molecular weight is 244 g/mol. The van der Waals surface area contributed by atoms with E-state index in [9.17, 15) is 4.39 Å². The Balaban J connectivity index is 2.75. The zero-order valence-electron chi connectivity index (χ0n) is 6.74. The number of hydrogen-bond acceptors (Lipinski definition) is 1. The van der Waals surface area contributed by atoms with Gasteiger partial charge in [-0.3, -0.25) is 0 Å². The van der Waals surface area contributed by atoms with Gasteiger partial charge < -0.3 is 0 Å². The van der Waals surface area contributed by atoms with Gasteiger partial charge in [-0.1, -0.05) is 21.0 Å². The fourth-order valence-corrected chi connectivity index (χ4v) is 1.39. The van der Waals surface area contributed by atoms with E-state index >= 15 is 0 Å². The molecule has 1 aromatic rings. The first-order valence-electron chi connectivity index (χ1n) is 3.69. The van der Waals surface area contributed by atoms with Gasteiger partial charge in [0.15, 0.2) is 0 Å². The third-order valence-electron chi connectivity index (χ3n) is 1.55. The van der Waals surface area contributed by atoms with Gasteiger partial charge in [-0.2, -0.15) is 0 Å². The van der Waals surface area contributed by atoms with Crippen LogP contribution in [0.25, 0.3) is 10.4 Å². The minimum atomic E-state index is -0.279. The lowest BCUT2D eigenvalue weighted by atomic mass is 10.1. The molecule has 0 bridgehead atoms. The second kappa shape index (κ2) is 4.84. The molecule has 0 aliphatic heterocycles. The highest BCUT2D eigenvalue weighted by Gasteiger charge is 2.00. The van der Waals surface area contributed by atoms with Crippen molar-refractivity contribution in [2.75, 3.05) is 6.54 Å². The number of rotatable bonds is 3. The smallest absolute Gasteiger partial charge is 0.123 e. The number of nitrogens with zero attached hydrogens (tertiary/aromatic N) is 3. The van der Waals surface area contributed by atoms with Crippen LogP contribution in [0.2, 0.25) is 0 Å². The molecule has 0 heterocycles. The largest absolute Gasteiger partial charge is 0.207 e. The lowest BCUT2D eigenvalue weighted by molar-refractivity contribution is 0.625. The molecule has 0 aliphatic rings. The third kappa shape index (κ3) is 3.05. The second-order valence-corrected chi connectivity index (χ2v) is 3.29. The van der Waals surface area contributed by atoms with Crippen LogP contribution in [0.15, 0.2) is 27.8 Å². The molecule has 0 saturated carbocycles. The molecule has 0 atom stereocenters. The molecule has 0 unspecified atom stereocenters. The summed E-state index contributed by atoms with van der Waals surface area (Å²) in [6.45, 7) is 0.346. The molecule has 0 aliphatic carbocycles. The van der Waals surface area contributed by atoms with E-state index in [0.29, 0.717) is 13.0 Å². The Labute approximate surface area is 83.3 Å². The monoisotopic (exact) mass is 243 g/mol. The first kappa shape index (κ1) is 10.0. The van der Waals surface area contributed by atoms with E-state index in [1.807, 2.05) is 0 Å². The fourth-order valence-electron chi connectivity index (χ4n) is 0.950. The van der Waals surface area contributed by atoms with Gasteiger partial charge >= 0.3 is 0 Å². The molecule has 0 radical (unpaired) electrons. The second-order valence-electron chi connectivity index (χ2n) is 2.44. The first-order chi connectivity index (χ1) is 6.24. The zero-order valence-corrected chi connectivity index (χ0v) is 8.33. The van der Waals surface area contributed by atoms with Crippen molar-refractivity contribution in [3.63, 3.8) is 0 Å². The molecule has 1 rings (SSSR count). The maximum absolute atomic E-state index is 12.7. The number of halogens is 2. The van der Waals surface area contributed by atoms with E-state index in [2.05, 4.69) is 26.0 Å². The molecule has 0 N–H and O–H groups in total. The number of azide groups is 1. The highest BCUT2D eigenvalue weighted by molar-refractivity contribution is 9.10. The molecule has 3 nitrogen and oxygen atoms in total. The van der Waals surface area contributed by atoms with Gasteiger partial charge in [0.2, 0.25) is 0 Å². The summed E-state index contributed by atoms with van der Waals surface area (Å²) in [5.41, 5.74) is 8.85. The molecule has 13 heavy (non-hydrogen) atoms. The lowest BCUT2D eigenvalue weighted by Crippen LogP contribution is -1.91. The summed E-state index contributed by atoms with van der Waals surface area (Å²) >= 11 is 3.28. The van der Waals surface area contributed by atoms with Crippen LogP contribution in [-0.4, -0.2) is 6.54 Å². The molecule has 0 saturated heterocycles. The normalized spacial score (nSPS) is 9.38. The lowest BCUT2D eigenvalue weighted by Gasteiger charge is -2.01. The van der Waals surface area contributed by atoms with E-state index in [4.69, 9.17) is 5.53 Å². The van der Waals surface area contributed by atoms with Crippen LogP contribution in [0.5, 0.6) is 0 Å². The molecule has 0 fully saturated rings. The molecule has 0 spiro atoms. The fraction of sp³-hybridized carbons (Fsp3) is 0.250. The number of hydrogen-bond donors (Lipinski definition) is 0. The average Bonchev–Trinajstić information content (AvgIpc) is 2.11. The zero-order chi connectivity index (χ0) is 9.68. The van der Waals surface area contributed by atoms with Crippen LogP contribution >= 0.6 is 15.9 Å². The van der Waals surface area contributed by atoms with Crippen molar-refractivity contribution in [1.29, 1.82) is 0 Å². The molecule has 0 aromatic heterocycles. The Hall–Kier alpha value is -1.06. The van der Waals surface area contributed by atoms with Gasteiger partial charge in [-0.05, 0) is 35.7 Å². The molecular weight excluding hydrogens is 237 g/mol. The predicted molar refractivity (Wildman–Crippen MR) is 51.8 cm³/mol. The van der Waals surface area contributed by atoms with Crippen molar-refractivity contribution in [2.45, 2.75) is 6.42 Å². The van der Waals surface area contributed by atoms with Crippen LogP contribution < -0.4 is 0 Å². The Morgan fingerprint density at radius 2 is 2.31 bits per heavy atom. The summed E-state index contributed by atoms with van der Waals surface area (Å²) in [6, 6.07) is 4.44. The van der Waals surface area contributed by atoms with Gasteiger partial charge in [0.1, 0.15) is 5.82 Å². The third-order valence-corrected chi connectivity index (χ3v) is 2.33. The van der Waals surface area contributed by atoms with Gasteiger partial charge in [-0.25, -0.2) is 4.39 Å². The van der Waals surface area contributed by atoms with Gasteiger partial charge in [0.25, 0.3) is 0 Å². The van der Waals surface area contributed by atoms with E-state index in [-0.39, 0.29) is 5.82 Å². The predicted octanol–water partition coefficient (Wildman–Crippen LogP) is 3.44. The Morgan fingerprint density at radius 3 is 3.00 bits per heavy atom. The van der Waals surface area contributed by atoms with Crippen molar-refractivity contribution >= 4 is 15.9 Å². The number of benzene rings is 1. The highest BCUT2D eigenvalue weighted by atomic mass is 79.9. The molecule has 5 heteroatoms. The van der Waals surface area contributed by atoms with Crippen LogP contribution in [-0.2, 0) is 6.42 Å². The Kier molecular flexibility index (Phi) is 3.73. The topological polar surface area (TPSA) is 48.8 Å². The molecule has 1 aromatic carbocycles. The summed E-state index contributed by atoms with van der Waals surface area (Å²) in [4.78, 5) is 2.62. The van der Waals surface area contributed by atoms with Crippen LogP contribution in [0.1, 0.15) is 5.56 Å². The van der Waals surface area contributed by atoms with E-state index < -0.39 is 0 Å². The maximum Gasteiger partial charge on any atom is 0.123 e. The Bertz CT molecular complexity index is 347. The Morgan fingerprint density at radius 1 is 1.54 bits per heavy atom.